The lowest BCUT2D eigenvalue weighted by molar-refractivity contribution is 0.102. The second kappa shape index (κ2) is 9.46. The predicted octanol–water partition coefficient (Wildman–Crippen LogP) is 5.25. The summed E-state index contributed by atoms with van der Waals surface area (Å²) >= 11 is 0. The molecular formula is C27H28N4O2. The number of aromatic nitrogens is 2. The van der Waals surface area contributed by atoms with Gasteiger partial charge in [0, 0.05) is 35.8 Å². The smallest absolute Gasteiger partial charge is 0.255 e. The monoisotopic (exact) mass is 440 g/mol. The average Bonchev–Trinajstić information content (AvgIpc) is 3.29. The van der Waals surface area contributed by atoms with Crippen molar-refractivity contribution in [2.75, 3.05) is 25.5 Å². The molecule has 4 aromatic rings. The van der Waals surface area contributed by atoms with Crippen LogP contribution in [0.15, 0.2) is 73.1 Å². The lowest BCUT2D eigenvalue weighted by Gasteiger charge is -2.27. The third-order valence-corrected chi connectivity index (χ3v) is 6.20. The maximum atomic E-state index is 13.2. The normalized spacial score (nSPS) is 14.3. The first-order chi connectivity index (χ1) is 16.2. The third-order valence-electron chi connectivity index (χ3n) is 6.20. The van der Waals surface area contributed by atoms with E-state index in [1.165, 1.54) is 19.3 Å². The van der Waals surface area contributed by atoms with Crippen molar-refractivity contribution in [1.29, 1.82) is 0 Å². The summed E-state index contributed by atoms with van der Waals surface area (Å²) in [5.41, 5.74) is 5.25. The number of carbonyl (C=O) groups excluding carboxylic acids is 1. The van der Waals surface area contributed by atoms with Gasteiger partial charge >= 0.3 is 0 Å². The van der Waals surface area contributed by atoms with Crippen molar-refractivity contribution < 1.29 is 9.53 Å². The van der Waals surface area contributed by atoms with Gasteiger partial charge in [0.25, 0.3) is 5.91 Å². The number of piperidine rings is 1. The molecule has 1 fully saturated rings. The Labute approximate surface area is 193 Å². The fraction of sp³-hybridized carbons (Fsp3) is 0.259. The van der Waals surface area contributed by atoms with Crippen LogP contribution in [-0.2, 0) is 6.54 Å². The Balaban J connectivity index is 1.33. The maximum Gasteiger partial charge on any atom is 0.255 e. The van der Waals surface area contributed by atoms with E-state index in [9.17, 15) is 4.79 Å². The number of nitrogens with one attached hydrogen (secondary N) is 1. The molecule has 1 aliphatic heterocycles. The van der Waals surface area contributed by atoms with Crippen LogP contribution in [0.4, 0.5) is 5.69 Å². The van der Waals surface area contributed by atoms with Crippen LogP contribution in [0.3, 0.4) is 0 Å². The molecule has 1 amide bonds. The molecule has 0 bridgehead atoms. The molecule has 3 heterocycles. The molecule has 0 aliphatic carbocycles. The zero-order chi connectivity index (χ0) is 22.6. The van der Waals surface area contributed by atoms with Crippen molar-refractivity contribution in [1.82, 2.24) is 14.3 Å². The fourth-order valence-corrected chi connectivity index (χ4v) is 4.40. The molecule has 0 atom stereocenters. The summed E-state index contributed by atoms with van der Waals surface area (Å²) in [6, 6.07) is 19.4. The van der Waals surface area contributed by atoms with E-state index in [1.807, 2.05) is 77.5 Å². The molecule has 2 aromatic carbocycles. The SMILES string of the molecule is COc1ccc(C(=O)Nc2ccc(-c3cn4ccccc4n3)cc2)c(CN2CCCCC2)c1. The van der Waals surface area contributed by atoms with E-state index in [1.54, 1.807) is 7.11 Å². The van der Waals surface area contributed by atoms with Crippen LogP contribution >= 0.6 is 0 Å². The highest BCUT2D eigenvalue weighted by Gasteiger charge is 2.17. The van der Waals surface area contributed by atoms with Crippen molar-refractivity contribution in [3.63, 3.8) is 0 Å². The van der Waals surface area contributed by atoms with E-state index >= 15 is 0 Å². The van der Waals surface area contributed by atoms with E-state index in [2.05, 4.69) is 15.2 Å². The summed E-state index contributed by atoms with van der Waals surface area (Å²) in [6.07, 6.45) is 7.70. The highest BCUT2D eigenvalue weighted by Crippen LogP contribution is 2.24. The van der Waals surface area contributed by atoms with Crippen LogP contribution < -0.4 is 10.1 Å². The summed E-state index contributed by atoms with van der Waals surface area (Å²) < 4.78 is 7.41. The van der Waals surface area contributed by atoms with Crippen molar-refractivity contribution >= 4 is 17.2 Å². The molecule has 0 saturated carbocycles. The molecule has 0 spiro atoms. The number of rotatable bonds is 6. The van der Waals surface area contributed by atoms with Crippen molar-refractivity contribution in [2.24, 2.45) is 0 Å². The van der Waals surface area contributed by atoms with E-state index in [0.717, 1.165) is 53.5 Å². The minimum absolute atomic E-state index is 0.106. The minimum Gasteiger partial charge on any atom is -0.497 e. The molecule has 2 aromatic heterocycles. The summed E-state index contributed by atoms with van der Waals surface area (Å²) in [4.78, 5) is 20.2. The van der Waals surface area contributed by atoms with Gasteiger partial charge in [-0.25, -0.2) is 4.98 Å². The van der Waals surface area contributed by atoms with Gasteiger partial charge in [-0.3, -0.25) is 9.69 Å². The second-order valence-electron chi connectivity index (χ2n) is 8.48. The van der Waals surface area contributed by atoms with Crippen molar-refractivity contribution in [2.45, 2.75) is 25.8 Å². The van der Waals surface area contributed by atoms with Crippen molar-refractivity contribution in [3.8, 4) is 17.0 Å². The molecule has 1 saturated heterocycles. The number of fused-ring (bicyclic) bond motifs is 1. The Morgan fingerprint density at radius 2 is 1.85 bits per heavy atom. The summed E-state index contributed by atoms with van der Waals surface area (Å²) in [5.74, 6) is 0.667. The number of imidazole rings is 1. The molecule has 5 rings (SSSR count). The van der Waals surface area contributed by atoms with Gasteiger partial charge in [-0.1, -0.05) is 24.6 Å². The second-order valence-corrected chi connectivity index (χ2v) is 8.48. The lowest BCUT2D eigenvalue weighted by Crippen LogP contribution is -2.30. The molecule has 0 radical (unpaired) electrons. The maximum absolute atomic E-state index is 13.2. The quantitative estimate of drug-likeness (QED) is 0.445. The highest BCUT2D eigenvalue weighted by molar-refractivity contribution is 6.05. The highest BCUT2D eigenvalue weighted by atomic mass is 16.5. The van der Waals surface area contributed by atoms with Crippen LogP contribution in [-0.4, -0.2) is 40.4 Å². The minimum atomic E-state index is -0.106. The molecule has 168 valence electrons. The number of nitrogens with zero attached hydrogens (tertiary/aromatic N) is 3. The first-order valence-corrected chi connectivity index (χ1v) is 11.4. The number of ether oxygens (including phenoxy) is 1. The van der Waals surface area contributed by atoms with Crippen molar-refractivity contribution in [3.05, 3.63) is 84.2 Å². The summed E-state index contributed by atoms with van der Waals surface area (Å²) in [7, 11) is 1.66. The molecule has 1 aliphatic rings. The number of carbonyl (C=O) groups is 1. The zero-order valence-corrected chi connectivity index (χ0v) is 18.8. The largest absolute Gasteiger partial charge is 0.497 e. The van der Waals surface area contributed by atoms with Gasteiger partial charge in [0.2, 0.25) is 0 Å². The Hall–Kier alpha value is -3.64. The number of likely N-dealkylation sites (tertiary alicyclic amines) is 1. The number of methoxy groups -OCH3 is 1. The molecule has 33 heavy (non-hydrogen) atoms. The standard InChI is InChI=1S/C27H28N4O2/c1-33-23-12-13-24(21(17-23)18-30-14-4-2-5-15-30)27(32)28-22-10-8-20(9-11-22)25-19-31-16-6-3-7-26(31)29-25/h3,6-13,16-17,19H,2,4-5,14-15,18H2,1H3,(H,28,32). The molecule has 1 N–H and O–H groups in total. The average molecular weight is 441 g/mol. The zero-order valence-electron chi connectivity index (χ0n) is 18.8. The molecule has 0 unspecified atom stereocenters. The van der Waals surface area contributed by atoms with E-state index in [0.29, 0.717) is 5.56 Å². The number of benzene rings is 2. The number of pyridine rings is 1. The van der Waals surface area contributed by atoms with E-state index in [-0.39, 0.29) is 5.91 Å². The Morgan fingerprint density at radius 3 is 2.61 bits per heavy atom. The van der Waals surface area contributed by atoms with Crippen LogP contribution in [0.25, 0.3) is 16.9 Å². The molecular weight excluding hydrogens is 412 g/mol. The molecule has 6 heteroatoms. The van der Waals surface area contributed by atoms with Gasteiger partial charge in [-0.05, 0) is 74.0 Å². The van der Waals surface area contributed by atoms with Crippen LogP contribution in [0.5, 0.6) is 5.75 Å². The van der Waals surface area contributed by atoms with Crippen LogP contribution in [0.1, 0.15) is 35.2 Å². The van der Waals surface area contributed by atoms with Gasteiger partial charge in [-0.2, -0.15) is 0 Å². The van der Waals surface area contributed by atoms with Crippen LogP contribution in [0, 0.1) is 0 Å². The summed E-state index contributed by atoms with van der Waals surface area (Å²) in [6.45, 7) is 2.90. The van der Waals surface area contributed by atoms with Gasteiger partial charge in [0.1, 0.15) is 11.4 Å². The van der Waals surface area contributed by atoms with Gasteiger partial charge in [0.15, 0.2) is 0 Å². The number of hydrogen-bond donors (Lipinski definition) is 1. The first-order valence-electron chi connectivity index (χ1n) is 11.4. The number of hydrogen-bond acceptors (Lipinski definition) is 4. The van der Waals surface area contributed by atoms with E-state index in [4.69, 9.17) is 4.74 Å². The topological polar surface area (TPSA) is 58.9 Å². The predicted molar refractivity (Wildman–Crippen MR) is 131 cm³/mol. The third kappa shape index (κ3) is 4.76. The summed E-state index contributed by atoms with van der Waals surface area (Å²) in [5, 5.41) is 3.05. The number of anilines is 1. The van der Waals surface area contributed by atoms with Gasteiger partial charge in [-0.15, -0.1) is 0 Å². The number of amides is 1. The lowest BCUT2D eigenvalue weighted by atomic mass is 10.0. The first kappa shape index (κ1) is 21.2. The fourth-order valence-electron chi connectivity index (χ4n) is 4.40. The van der Waals surface area contributed by atoms with Gasteiger partial charge in [0.05, 0.1) is 12.8 Å². The van der Waals surface area contributed by atoms with Gasteiger partial charge < -0.3 is 14.5 Å². The van der Waals surface area contributed by atoms with Crippen LogP contribution in [0.2, 0.25) is 0 Å². The van der Waals surface area contributed by atoms with E-state index < -0.39 is 0 Å². The molecule has 6 nitrogen and oxygen atoms in total. The Bertz CT molecular complexity index is 1220. The Kier molecular flexibility index (Phi) is 6.09. The Morgan fingerprint density at radius 1 is 1.03 bits per heavy atom.